The Hall–Kier alpha value is -1.55. The van der Waals surface area contributed by atoms with Crippen molar-refractivity contribution in [2.45, 2.75) is 6.54 Å². The van der Waals surface area contributed by atoms with Gasteiger partial charge in [0.1, 0.15) is 0 Å². The summed E-state index contributed by atoms with van der Waals surface area (Å²) in [5.74, 6) is -0.636. The average Bonchev–Trinajstić information content (AvgIpc) is 2.19. The van der Waals surface area contributed by atoms with Gasteiger partial charge >= 0.3 is 0 Å². The van der Waals surface area contributed by atoms with Gasteiger partial charge in [-0.3, -0.25) is 9.69 Å². The Bertz CT molecular complexity index is 311. The van der Waals surface area contributed by atoms with Crippen molar-refractivity contribution in [3.8, 4) is 0 Å². The minimum atomic E-state index is -0.636. The molecule has 0 saturated heterocycles. The van der Waals surface area contributed by atoms with Crippen LogP contribution in [0.4, 0.5) is 0 Å². The molecule has 0 radical (unpaired) electrons. The van der Waals surface area contributed by atoms with Crippen molar-refractivity contribution in [2.24, 2.45) is 5.18 Å². The first kappa shape index (κ1) is 10.5. The highest BCUT2D eigenvalue weighted by Gasteiger charge is 2.06. The van der Waals surface area contributed by atoms with Crippen LogP contribution in [-0.2, 0) is 11.3 Å². The van der Waals surface area contributed by atoms with E-state index in [4.69, 9.17) is 0 Å². The number of nitroso groups, excluding NO2 is 1. The van der Waals surface area contributed by atoms with Crippen LogP contribution in [0.1, 0.15) is 5.56 Å². The number of nitrogens with zero attached hydrogens (tertiary/aromatic N) is 2. The van der Waals surface area contributed by atoms with Gasteiger partial charge in [-0.25, -0.2) is 0 Å². The molecule has 1 amide bonds. The summed E-state index contributed by atoms with van der Waals surface area (Å²) in [7, 11) is 1.77. The van der Waals surface area contributed by atoms with E-state index in [0.717, 1.165) is 5.56 Å². The second-order valence-electron chi connectivity index (χ2n) is 3.14. The minimum Gasteiger partial charge on any atom is -0.293 e. The fourth-order valence-electron chi connectivity index (χ4n) is 1.21. The lowest BCUT2D eigenvalue weighted by molar-refractivity contribution is -0.118. The van der Waals surface area contributed by atoms with E-state index in [1.54, 1.807) is 11.9 Å². The summed E-state index contributed by atoms with van der Waals surface area (Å²) in [5, 5.41) is 2.34. The second kappa shape index (κ2) is 5.24. The van der Waals surface area contributed by atoms with Gasteiger partial charge < -0.3 is 0 Å². The predicted octanol–water partition coefficient (Wildman–Crippen LogP) is 1.41. The zero-order chi connectivity index (χ0) is 10.4. The molecule has 0 aliphatic rings. The van der Waals surface area contributed by atoms with E-state index in [0.29, 0.717) is 6.54 Å². The molecular weight excluding hydrogens is 180 g/mol. The summed E-state index contributed by atoms with van der Waals surface area (Å²) in [6.07, 6.45) is 0. The highest BCUT2D eigenvalue weighted by Crippen LogP contribution is 2.01. The molecule has 4 heteroatoms. The highest BCUT2D eigenvalue weighted by atomic mass is 16.3. The second-order valence-corrected chi connectivity index (χ2v) is 3.14. The number of amides is 1. The molecule has 1 aromatic carbocycles. The van der Waals surface area contributed by atoms with Gasteiger partial charge in [-0.2, -0.15) is 0 Å². The standard InChI is InChI=1S/C10H12N2O2/c1-12(8-10(13)11-14)7-9-5-3-2-4-6-9/h2-6H,7-8H2,1H3. The quantitative estimate of drug-likeness (QED) is 0.678. The van der Waals surface area contributed by atoms with Crippen molar-refractivity contribution in [3.05, 3.63) is 40.8 Å². The Labute approximate surface area is 82.5 Å². The summed E-state index contributed by atoms with van der Waals surface area (Å²) in [5.41, 5.74) is 1.11. The van der Waals surface area contributed by atoms with Gasteiger partial charge in [-0.15, -0.1) is 4.91 Å². The average molecular weight is 192 g/mol. The van der Waals surface area contributed by atoms with Crippen LogP contribution in [0.5, 0.6) is 0 Å². The molecule has 14 heavy (non-hydrogen) atoms. The number of carbonyl (C=O) groups excluding carboxylic acids is 1. The van der Waals surface area contributed by atoms with E-state index in [9.17, 15) is 9.70 Å². The summed E-state index contributed by atoms with van der Waals surface area (Å²) in [6.45, 7) is 0.709. The number of hydrogen-bond acceptors (Lipinski definition) is 3. The van der Waals surface area contributed by atoms with E-state index in [-0.39, 0.29) is 6.54 Å². The number of rotatable bonds is 4. The Kier molecular flexibility index (Phi) is 3.94. The summed E-state index contributed by atoms with van der Waals surface area (Å²) >= 11 is 0. The van der Waals surface area contributed by atoms with Gasteiger partial charge in [0.2, 0.25) is 0 Å². The maximum absolute atomic E-state index is 10.7. The van der Waals surface area contributed by atoms with Gasteiger partial charge in [-0.1, -0.05) is 30.3 Å². The lowest BCUT2D eigenvalue weighted by Crippen LogP contribution is -2.24. The third kappa shape index (κ3) is 3.45. The molecule has 0 aliphatic heterocycles. The topological polar surface area (TPSA) is 49.7 Å². The molecule has 0 heterocycles. The molecule has 0 aromatic heterocycles. The van der Waals surface area contributed by atoms with E-state index < -0.39 is 5.91 Å². The first-order chi connectivity index (χ1) is 6.72. The summed E-state index contributed by atoms with van der Waals surface area (Å²) in [6, 6.07) is 9.73. The van der Waals surface area contributed by atoms with Crippen molar-refractivity contribution in [1.82, 2.24) is 4.90 Å². The lowest BCUT2D eigenvalue weighted by Gasteiger charge is -2.13. The van der Waals surface area contributed by atoms with E-state index in [2.05, 4.69) is 5.18 Å². The van der Waals surface area contributed by atoms with E-state index in [1.807, 2.05) is 30.3 Å². The van der Waals surface area contributed by atoms with Crippen LogP contribution in [0.25, 0.3) is 0 Å². The first-order valence-corrected chi connectivity index (χ1v) is 4.31. The minimum absolute atomic E-state index is 0.0679. The third-order valence-electron chi connectivity index (χ3n) is 1.80. The lowest BCUT2D eigenvalue weighted by atomic mass is 10.2. The maximum Gasteiger partial charge on any atom is 0.300 e. The largest absolute Gasteiger partial charge is 0.300 e. The normalized spacial score (nSPS) is 10.1. The number of likely N-dealkylation sites (N-methyl/N-ethyl adjacent to an activating group) is 1. The SMILES string of the molecule is CN(CC(=O)N=O)Cc1ccccc1. The zero-order valence-corrected chi connectivity index (χ0v) is 8.01. The molecule has 74 valence electrons. The fraction of sp³-hybridized carbons (Fsp3) is 0.300. The molecule has 0 unspecified atom stereocenters. The Morgan fingerprint density at radius 2 is 2.00 bits per heavy atom. The van der Waals surface area contributed by atoms with Gasteiger partial charge in [0.25, 0.3) is 5.91 Å². The van der Waals surface area contributed by atoms with Crippen molar-refractivity contribution in [2.75, 3.05) is 13.6 Å². The number of hydrogen-bond donors (Lipinski definition) is 0. The Balaban J connectivity index is 2.45. The first-order valence-electron chi connectivity index (χ1n) is 4.31. The van der Waals surface area contributed by atoms with Crippen molar-refractivity contribution in [1.29, 1.82) is 0 Å². The van der Waals surface area contributed by atoms with Crippen LogP contribution < -0.4 is 0 Å². The van der Waals surface area contributed by atoms with Gasteiger partial charge in [0, 0.05) is 11.7 Å². The van der Waals surface area contributed by atoms with E-state index in [1.165, 1.54) is 0 Å². The fourth-order valence-corrected chi connectivity index (χ4v) is 1.21. The molecule has 0 aliphatic carbocycles. The van der Waals surface area contributed by atoms with E-state index >= 15 is 0 Å². The molecule has 0 fully saturated rings. The maximum atomic E-state index is 10.7. The monoisotopic (exact) mass is 192 g/mol. The van der Waals surface area contributed by atoms with Crippen LogP contribution in [0.15, 0.2) is 35.5 Å². The zero-order valence-electron chi connectivity index (χ0n) is 8.01. The molecule has 0 spiro atoms. The Morgan fingerprint density at radius 3 is 2.57 bits per heavy atom. The van der Waals surface area contributed by atoms with Crippen LogP contribution in [0.2, 0.25) is 0 Å². The molecule has 1 aromatic rings. The van der Waals surface area contributed by atoms with Crippen LogP contribution in [0, 0.1) is 4.91 Å². The molecule has 0 N–H and O–H groups in total. The highest BCUT2D eigenvalue weighted by molar-refractivity contribution is 5.78. The molecule has 0 bridgehead atoms. The van der Waals surface area contributed by atoms with Crippen LogP contribution in [0.3, 0.4) is 0 Å². The van der Waals surface area contributed by atoms with Crippen LogP contribution >= 0.6 is 0 Å². The Morgan fingerprint density at radius 1 is 1.36 bits per heavy atom. The van der Waals surface area contributed by atoms with Crippen molar-refractivity contribution in [3.63, 3.8) is 0 Å². The summed E-state index contributed by atoms with van der Waals surface area (Å²) < 4.78 is 0. The molecule has 0 atom stereocenters. The van der Waals surface area contributed by atoms with Gasteiger partial charge in [-0.05, 0) is 12.6 Å². The molecular formula is C10H12N2O2. The van der Waals surface area contributed by atoms with Gasteiger partial charge in [0.05, 0.1) is 6.54 Å². The molecule has 4 nitrogen and oxygen atoms in total. The molecule has 0 saturated carbocycles. The van der Waals surface area contributed by atoms with Crippen molar-refractivity contribution >= 4 is 5.91 Å². The third-order valence-corrected chi connectivity index (χ3v) is 1.80. The smallest absolute Gasteiger partial charge is 0.293 e. The van der Waals surface area contributed by atoms with Crippen LogP contribution in [-0.4, -0.2) is 24.4 Å². The summed E-state index contributed by atoms with van der Waals surface area (Å²) in [4.78, 5) is 22.3. The van der Waals surface area contributed by atoms with Gasteiger partial charge in [0.15, 0.2) is 0 Å². The number of carbonyl (C=O) groups is 1. The van der Waals surface area contributed by atoms with Crippen molar-refractivity contribution < 1.29 is 4.79 Å². The molecule has 1 rings (SSSR count). The number of benzene rings is 1. The predicted molar refractivity (Wildman–Crippen MR) is 53.6 cm³/mol.